The highest BCUT2D eigenvalue weighted by atomic mass is 35.5. The third-order valence-corrected chi connectivity index (χ3v) is 2.73. The molecule has 4 heteroatoms. The van der Waals surface area contributed by atoms with Gasteiger partial charge in [-0.25, -0.2) is 4.68 Å². The van der Waals surface area contributed by atoms with Crippen LogP contribution in [0.5, 0.6) is 0 Å². The average Bonchev–Trinajstić information content (AvgIpc) is 2.61. The van der Waals surface area contributed by atoms with Crippen LogP contribution in [-0.4, -0.2) is 23.9 Å². The molecule has 1 aromatic carbocycles. The van der Waals surface area contributed by atoms with Crippen LogP contribution >= 0.6 is 11.6 Å². The molecular formula is C12H14ClN3. The van der Waals surface area contributed by atoms with Gasteiger partial charge >= 0.3 is 0 Å². The van der Waals surface area contributed by atoms with Gasteiger partial charge in [0.1, 0.15) is 0 Å². The fourth-order valence-corrected chi connectivity index (χ4v) is 1.76. The van der Waals surface area contributed by atoms with E-state index in [0.717, 1.165) is 17.2 Å². The maximum atomic E-state index is 6.15. The molecule has 2 rings (SSSR count). The van der Waals surface area contributed by atoms with Crippen molar-refractivity contribution >= 4 is 17.4 Å². The molecule has 1 heterocycles. The summed E-state index contributed by atoms with van der Waals surface area (Å²) in [5.41, 5.74) is 1.98. The second-order valence-electron chi connectivity index (χ2n) is 3.90. The summed E-state index contributed by atoms with van der Waals surface area (Å²) in [6, 6.07) is 9.73. The van der Waals surface area contributed by atoms with Crippen LogP contribution in [0.4, 0.5) is 5.82 Å². The van der Waals surface area contributed by atoms with E-state index in [1.54, 1.807) is 0 Å². The largest absolute Gasteiger partial charge is 0.361 e. The third-order valence-electron chi connectivity index (χ3n) is 2.41. The van der Waals surface area contributed by atoms with E-state index in [4.69, 9.17) is 11.6 Å². The summed E-state index contributed by atoms with van der Waals surface area (Å²) in [6.45, 7) is 2.02. The highest BCUT2D eigenvalue weighted by Crippen LogP contribution is 2.22. The number of aromatic nitrogens is 2. The number of rotatable bonds is 2. The second-order valence-corrected chi connectivity index (χ2v) is 4.31. The lowest BCUT2D eigenvalue weighted by atomic mass is 10.3. The maximum Gasteiger partial charge on any atom is 0.150 e. The molecule has 0 unspecified atom stereocenters. The van der Waals surface area contributed by atoms with Crippen LogP contribution in [-0.2, 0) is 0 Å². The number of para-hydroxylation sites is 1. The van der Waals surface area contributed by atoms with Crippen molar-refractivity contribution in [3.05, 3.63) is 41.0 Å². The van der Waals surface area contributed by atoms with Crippen molar-refractivity contribution in [3.8, 4) is 5.69 Å². The Morgan fingerprint density at radius 3 is 2.50 bits per heavy atom. The van der Waals surface area contributed by atoms with Gasteiger partial charge in [-0.05, 0) is 19.1 Å². The molecule has 84 valence electrons. The Morgan fingerprint density at radius 1 is 1.25 bits per heavy atom. The number of benzene rings is 1. The van der Waals surface area contributed by atoms with E-state index in [1.807, 2.05) is 60.9 Å². The SMILES string of the molecule is Cc1cc(N(C)C)nn1-c1ccccc1Cl. The molecule has 2 aromatic rings. The molecule has 16 heavy (non-hydrogen) atoms. The first-order valence-corrected chi connectivity index (χ1v) is 5.46. The first-order chi connectivity index (χ1) is 7.59. The predicted molar refractivity (Wildman–Crippen MR) is 67.6 cm³/mol. The van der Waals surface area contributed by atoms with Crippen molar-refractivity contribution in [2.75, 3.05) is 19.0 Å². The lowest BCUT2D eigenvalue weighted by molar-refractivity contribution is 0.838. The summed E-state index contributed by atoms with van der Waals surface area (Å²) in [4.78, 5) is 1.97. The highest BCUT2D eigenvalue weighted by molar-refractivity contribution is 6.32. The van der Waals surface area contributed by atoms with E-state index in [-0.39, 0.29) is 0 Å². The number of nitrogens with zero attached hydrogens (tertiary/aromatic N) is 3. The molecule has 1 aromatic heterocycles. The van der Waals surface area contributed by atoms with E-state index in [1.165, 1.54) is 0 Å². The van der Waals surface area contributed by atoms with Crippen LogP contribution in [0, 0.1) is 6.92 Å². The molecule has 0 fully saturated rings. The summed E-state index contributed by atoms with van der Waals surface area (Å²) in [7, 11) is 3.94. The van der Waals surface area contributed by atoms with Gasteiger partial charge in [0, 0.05) is 25.9 Å². The van der Waals surface area contributed by atoms with Gasteiger partial charge in [0.2, 0.25) is 0 Å². The van der Waals surface area contributed by atoms with Gasteiger partial charge in [0.15, 0.2) is 5.82 Å². The molecule has 0 radical (unpaired) electrons. The van der Waals surface area contributed by atoms with E-state index >= 15 is 0 Å². The van der Waals surface area contributed by atoms with E-state index in [9.17, 15) is 0 Å². The minimum atomic E-state index is 0.707. The van der Waals surface area contributed by atoms with Crippen LogP contribution in [0.2, 0.25) is 5.02 Å². The Bertz CT molecular complexity index is 503. The molecular weight excluding hydrogens is 222 g/mol. The Morgan fingerprint density at radius 2 is 1.94 bits per heavy atom. The molecule has 0 aliphatic heterocycles. The van der Waals surface area contributed by atoms with Crippen molar-refractivity contribution in [1.82, 2.24) is 9.78 Å². The van der Waals surface area contributed by atoms with Crippen molar-refractivity contribution < 1.29 is 0 Å². The third kappa shape index (κ3) is 1.91. The molecule has 0 saturated carbocycles. The fraction of sp³-hybridized carbons (Fsp3) is 0.250. The van der Waals surface area contributed by atoms with Crippen molar-refractivity contribution in [3.63, 3.8) is 0 Å². The topological polar surface area (TPSA) is 21.1 Å². The van der Waals surface area contributed by atoms with E-state index in [0.29, 0.717) is 5.02 Å². The van der Waals surface area contributed by atoms with Gasteiger partial charge < -0.3 is 4.90 Å². The van der Waals surface area contributed by atoms with Crippen molar-refractivity contribution in [2.45, 2.75) is 6.92 Å². The highest BCUT2D eigenvalue weighted by Gasteiger charge is 2.09. The van der Waals surface area contributed by atoms with Crippen LogP contribution in [0.25, 0.3) is 5.69 Å². The van der Waals surface area contributed by atoms with Gasteiger partial charge in [-0.1, -0.05) is 23.7 Å². The van der Waals surface area contributed by atoms with Crippen LogP contribution < -0.4 is 4.90 Å². The lowest BCUT2D eigenvalue weighted by Crippen LogP contribution is -2.10. The first kappa shape index (κ1) is 11.0. The Hall–Kier alpha value is -1.48. The number of halogens is 1. The summed E-state index contributed by atoms with van der Waals surface area (Å²) in [5, 5.41) is 5.21. The molecule has 0 aliphatic rings. The normalized spacial score (nSPS) is 10.5. The first-order valence-electron chi connectivity index (χ1n) is 5.08. The van der Waals surface area contributed by atoms with Crippen LogP contribution in [0.3, 0.4) is 0 Å². The van der Waals surface area contributed by atoms with Gasteiger partial charge in [0.25, 0.3) is 0 Å². The average molecular weight is 236 g/mol. The molecule has 0 saturated heterocycles. The Labute approximate surface area is 100 Å². The zero-order valence-corrected chi connectivity index (χ0v) is 10.4. The summed E-state index contributed by atoms with van der Waals surface area (Å²) >= 11 is 6.15. The number of aryl methyl sites for hydroxylation is 1. The van der Waals surface area contributed by atoms with Crippen LogP contribution in [0.1, 0.15) is 5.69 Å². The zero-order chi connectivity index (χ0) is 11.7. The van der Waals surface area contributed by atoms with Gasteiger partial charge in [-0.3, -0.25) is 0 Å². The Balaban J connectivity index is 2.52. The molecule has 0 spiro atoms. The molecule has 3 nitrogen and oxygen atoms in total. The van der Waals surface area contributed by atoms with Crippen molar-refractivity contribution in [2.24, 2.45) is 0 Å². The summed E-state index contributed by atoms with van der Waals surface area (Å²) in [5.74, 6) is 0.928. The predicted octanol–water partition coefficient (Wildman–Crippen LogP) is 2.90. The summed E-state index contributed by atoms with van der Waals surface area (Å²) in [6.07, 6.45) is 0. The minimum absolute atomic E-state index is 0.707. The number of hydrogen-bond acceptors (Lipinski definition) is 2. The minimum Gasteiger partial charge on any atom is -0.361 e. The molecule has 0 aliphatic carbocycles. The van der Waals surface area contributed by atoms with E-state index in [2.05, 4.69) is 5.10 Å². The zero-order valence-electron chi connectivity index (χ0n) is 9.61. The smallest absolute Gasteiger partial charge is 0.150 e. The maximum absolute atomic E-state index is 6.15. The van der Waals surface area contributed by atoms with Gasteiger partial charge in [-0.2, -0.15) is 0 Å². The molecule has 0 bridgehead atoms. The fourth-order valence-electron chi connectivity index (χ4n) is 1.54. The monoisotopic (exact) mass is 235 g/mol. The van der Waals surface area contributed by atoms with Gasteiger partial charge in [0.05, 0.1) is 10.7 Å². The second kappa shape index (κ2) is 4.18. The molecule has 0 amide bonds. The number of anilines is 1. The van der Waals surface area contributed by atoms with Crippen molar-refractivity contribution in [1.29, 1.82) is 0 Å². The van der Waals surface area contributed by atoms with Crippen LogP contribution in [0.15, 0.2) is 30.3 Å². The standard InChI is InChI=1S/C12H14ClN3/c1-9-8-12(15(2)3)14-16(9)11-7-5-4-6-10(11)13/h4-8H,1-3H3. The Kier molecular flexibility index (Phi) is 2.88. The molecule has 0 atom stereocenters. The molecule has 0 N–H and O–H groups in total. The van der Waals surface area contributed by atoms with Gasteiger partial charge in [-0.15, -0.1) is 5.10 Å². The number of hydrogen-bond donors (Lipinski definition) is 0. The van der Waals surface area contributed by atoms with E-state index < -0.39 is 0 Å². The lowest BCUT2D eigenvalue weighted by Gasteiger charge is -2.08. The quantitative estimate of drug-likeness (QED) is 0.798. The summed E-state index contributed by atoms with van der Waals surface area (Å²) < 4.78 is 1.86.